The van der Waals surface area contributed by atoms with Crippen LogP contribution in [-0.4, -0.2) is 49.8 Å². The van der Waals surface area contributed by atoms with Gasteiger partial charge in [0.05, 0.1) is 10.5 Å². The highest BCUT2D eigenvalue weighted by atomic mass is 32.2. The van der Waals surface area contributed by atoms with E-state index in [0.29, 0.717) is 42.7 Å². The average molecular weight is 489 g/mol. The molecule has 5 aliphatic rings. The Labute approximate surface area is 202 Å². The van der Waals surface area contributed by atoms with Gasteiger partial charge in [0.2, 0.25) is 10.0 Å². The van der Waals surface area contributed by atoms with Crippen LogP contribution >= 0.6 is 0 Å². The van der Waals surface area contributed by atoms with Crippen molar-refractivity contribution in [2.75, 3.05) is 19.7 Å². The molecule has 2 atom stereocenters. The molecule has 1 aliphatic heterocycles. The molecule has 6 rings (SSSR count). The molecule has 0 radical (unpaired) electrons. The topological polar surface area (TPSA) is 92.8 Å². The van der Waals surface area contributed by atoms with Crippen LogP contribution in [0.3, 0.4) is 0 Å². The van der Waals surface area contributed by atoms with E-state index in [1.807, 2.05) is 0 Å². The van der Waals surface area contributed by atoms with E-state index in [2.05, 4.69) is 19.2 Å². The van der Waals surface area contributed by atoms with Crippen molar-refractivity contribution in [1.82, 2.24) is 9.62 Å². The number of benzene rings is 1. The van der Waals surface area contributed by atoms with E-state index in [9.17, 15) is 18.0 Å². The van der Waals surface area contributed by atoms with Gasteiger partial charge in [0.25, 0.3) is 5.91 Å². The van der Waals surface area contributed by atoms with Gasteiger partial charge in [0.15, 0.2) is 6.61 Å². The van der Waals surface area contributed by atoms with E-state index in [1.165, 1.54) is 41.8 Å². The Morgan fingerprint density at radius 1 is 1.00 bits per heavy atom. The molecule has 4 saturated carbocycles. The Morgan fingerprint density at radius 2 is 1.59 bits per heavy atom. The summed E-state index contributed by atoms with van der Waals surface area (Å²) in [7, 11) is -3.70. The van der Waals surface area contributed by atoms with Crippen molar-refractivity contribution in [2.45, 2.75) is 69.2 Å². The van der Waals surface area contributed by atoms with Crippen LogP contribution in [0.15, 0.2) is 29.2 Å². The largest absolute Gasteiger partial charge is 0.452 e. The molecule has 4 bridgehead atoms. The second-order valence-electron chi connectivity index (χ2n) is 11.6. The van der Waals surface area contributed by atoms with E-state index in [4.69, 9.17) is 4.74 Å². The minimum atomic E-state index is -3.70. The van der Waals surface area contributed by atoms with Gasteiger partial charge in [0.1, 0.15) is 0 Å². The van der Waals surface area contributed by atoms with Gasteiger partial charge >= 0.3 is 5.97 Å². The number of ether oxygens (including phenoxy) is 1. The molecular weight excluding hydrogens is 452 g/mol. The zero-order valence-electron chi connectivity index (χ0n) is 20.2. The third-order valence-corrected chi connectivity index (χ3v) is 10.1. The quantitative estimate of drug-likeness (QED) is 0.618. The number of piperidine rings is 1. The van der Waals surface area contributed by atoms with Crippen LogP contribution in [-0.2, 0) is 19.6 Å². The molecular formula is C26H36N2O5S. The summed E-state index contributed by atoms with van der Waals surface area (Å²) in [6.45, 7) is 4.72. The second kappa shape index (κ2) is 8.94. The highest BCUT2D eigenvalue weighted by molar-refractivity contribution is 7.89. The Bertz CT molecular complexity index is 1020. The maximum atomic E-state index is 13.2. The molecule has 7 nitrogen and oxygen atoms in total. The first-order valence-electron chi connectivity index (χ1n) is 12.7. The van der Waals surface area contributed by atoms with Gasteiger partial charge in [-0.05, 0) is 92.7 Å². The molecule has 1 N–H and O–H groups in total. The lowest BCUT2D eigenvalue weighted by Gasteiger charge is -2.56. The second-order valence-corrected chi connectivity index (χ2v) is 13.6. The maximum Gasteiger partial charge on any atom is 0.338 e. The van der Waals surface area contributed by atoms with Crippen LogP contribution in [0.25, 0.3) is 0 Å². The van der Waals surface area contributed by atoms with E-state index in [1.54, 1.807) is 6.07 Å². The number of nitrogens with one attached hydrogen (secondary N) is 1. The third kappa shape index (κ3) is 4.76. The molecule has 8 heteroatoms. The summed E-state index contributed by atoms with van der Waals surface area (Å²) in [4.78, 5) is 25.4. The van der Waals surface area contributed by atoms with Crippen molar-refractivity contribution in [3.8, 4) is 0 Å². The van der Waals surface area contributed by atoms with Crippen molar-refractivity contribution in [2.24, 2.45) is 29.6 Å². The van der Waals surface area contributed by atoms with E-state index >= 15 is 0 Å². The summed E-state index contributed by atoms with van der Waals surface area (Å²) in [6, 6.07) is 5.95. The predicted molar refractivity (Wildman–Crippen MR) is 127 cm³/mol. The molecule has 1 aromatic carbocycles. The monoisotopic (exact) mass is 488 g/mol. The maximum absolute atomic E-state index is 13.2. The van der Waals surface area contributed by atoms with Crippen molar-refractivity contribution in [3.05, 3.63) is 29.8 Å². The third-order valence-electron chi connectivity index (χ3n) is 8.32. The molecule has 1 aromatic rings. The molecule has 5 fully saturated rings. The van der Waals surface area contributed by atoms with Crippen molar-refractivity contribution in [3.63, 3.8) is 0 Å². The fourth-order valence-corrected chi connectivity index (χ4v) is 9.27. The number of rotatable bonds is 6. The number of hydrogen-bond acceptors (Lipinski definition) is 5. The number of hydrogen-bond donors (Lipinski definition) is 1. The van der Waals surface area contributed by atoms with Gasteiger partial charge in [0, 0.05) is 18.6 Å². The summed E-state index contributed by atoms with van der Waals surface area (Å²) in [5, 5.41) is 3.20. The summed E-state index contributed by atoms with van der Waals surface area (Å²) >= 11 is 0. The van der Waals surface area contributed by atoms with Crippen molar-refractivity contribution >= 4 is 21.9 Å². The number of esters is 1. The Morgan fingerprint density at radius 3 is 2.18 bits per heavy atom. The smallest absolute Gasteiger partial charge is 0.338 e. The molecule has 0 spiro atoms. The fraction of sp³-hybridized carbons (Fsp3) is 0.692. The first-order chi connectivity index (χ1) is 16.1. The van der Waals surface area contributed by atoms with E-state index < -0.39 is 16.0 Å². The molecule has 1 amide bonds. The van der Waals surface area contributed by atoms with Gasteiger partial charge < -0.3 is 10.1 Å². The molecule has 0 aromatic heterocycles. The lowest BCUT2D eigenvalue weighted by Crippen LogP contribution is -2.60. The van der Waals surface area contributed by atoms with Gasteiger partial charge in [-0.2, -0.15) is 4.31 Å². The van der Waals surface area contributed by atoms with Crippen molar-refractivity contribution < 1.29 is 22.7 Å². The van der Waals surface area contributed by atoms with Gasteiger partial charge in [-0.1, -0.05) is 19.9 Å². The van der Waals surface area contributed by atoms with Gasteiger partial charge in [-0.15, -0.1) is 0 Å². The van der Waals surface area contributed by atoms with Gasteiger partial charge in [-0.3, -0.25) is 4.79 Å². The number of carbonyl (C=O) groups excluding carboxylic acids is 2. The lowest BCUT2D eigenvalue weighted by atomic mass is 9.53. The Balaban J connectivity index is 1.20. The lowest BCUT2D eigenvalue weighted by molar-refractivity contribution is -0.130. The first kappa shape index (κ1) is 23.8. The molecule has 186 valence electrons. The summed E-state index contributed by atoms with van der Waals surface area (Å²) in [6.07, 6.45) is 7.98. The summed E-state index contributed by atoms with van der Waals surface area (Å²) in [5.41, 5.74) is 0.0105. The average Bonchev–Trinajstić information content (AvgIpc) is 2.75. The zero-order chi connectivity index (χ0) is 24.1. The standard InChI is InChI=1S/C26H36N2O5S/c1-17-6-18(2)15-28(14-17)34(31,32)23-5-3-4-22(10-23)25(30)33-16-24(29)27-26-11-19-7-20(12-26)9-21(8-19)13-26/h3-5,10,17-21H,6-9,11-16H2,1-2H3,(H,27,29). The molecule has 34 heavy (non-hydrogen) atoms. The van der Waals surface area contributed by atoms with Crippen LogP contribution in [0, 0.1) is 29.6 Å². The van der Waals surface area contributed by atoms with E-state index in [-0.39, 0.29) is 28.5 Å². The highest BCUT2D eigenvalue weighted by Crippen LogP contribution is 2.55. The predicted octanol–water partition coefficient (Wildman–Crippen LogP) is 3.60. The number of carbonyl (C=O) groups is 2. The number of nitrogens with zero attached hydrogens (tertiary/aromatic N) is 1. The SMILES string of the molecule is CC1CC(C)CN(S(=O)(=O)c2cccc(C(=O)OCC(=O)NC34CC5CC(CC(C5)C3)C4)c2)C1. The normalized spacial score (nSPS) is 35.2. The zero-order valence-corrected chi connectivity index (χ0v) is 21.0. The molecule has 2 unspecified atom stereocenters. The van der Waals surface area contributed by atoms with E-state index in [0.717, 1.165) is 25.7 Å². The molecule has 4 aliphatic carbocycles. The van der Waals surface area contributed by atoms with Crippen LogP contribution in [0.5, 0.6) is 0 Å². The van der Waals surface area contributed by atoms with Crippen LogP contribution < -0.4 is 5.32 Å². The Hall–Kier alpha value is -1.93. The minimum Gasteiger partial charge on any atom is -0.452 e. The van der Waals surface area contributed by atoms with Crippen LogP contribution in [0.1, 0.15) is 69.2 Å². The number of amides is 1. The van der Waals surface area contributed by atoms with Gasteiger partial charge in [-0.25, -0.2) is 13.2 Å². The van der Waals surface area contributed by atoms with Crippen molar-refractivity contribution in [1.29, 1.82) is 0 Å². The minimum absolute atomic E-state index is 0.0845. The number of sulfonamides is 1. The summed E-state index contributed by atoms with van der Waals surface area (Å²) < 4.78 is 33.2. The first-order valence-corrected chi connectivity index (χ1v) is 14.1. The van der Waals surface area contributed by atoms with Crippen LogP contribution in [0.4, 0.5) is 0 Å². The van der Waals surface area contributed by atoms with Crippen LogP contribution in [0.2, 0.25) is 0 Å². The molecule has 1 saturated heterocycles. The highest BCUT2D eigenvalue weighted by Gasteiger charge is 2.51. The Kier molecular flexibility index (Phi) is 6.25. The molecule has 1 heterocycles. The fourth-order valence-electron chi connectivity index (χ4n) is 7.54. The summed E-state index contributed by atoms with van der Waals surface area (Å²) in [5.74, 6) is 1.77.